The predicted molar refractivity (Wildman–Crippen MR) is 41.5 cm³/mol. The van der Waals surface area contributed by atoms with Gasteiger partial charge >= 0.3 is 18.3 Å². The lowest BCUT2D eigenvalue weighted by Crippen LogP contribution is -2.44. The van der Waals surface area contributed by atoms with Crippen LogP contribution in [-0.2, 0) is 9.53 Å². The van der Waals surface area contributed by atoms with Crippen LogP contribution in [0.1, 0.15) is 20.3 Å². The highest BCUT2D eigenvalue weighted by Crippen LogP contribution is 2.41. The molecule has 0 heterocycles. The summed E-state index contributed by atoms with van der Waals surface area (Å²) < 4.78 is 75.7. The number of hydrogen-bond donors (Lipinski definition) is 0. The number of esters is 1. The maximum absolute atomic E-state index is 12.4. The van der Waals surface area contributed by atoms with E-state index >= 15 is 0 Å². The zero-order valence-corrected chi connectivity index (χ0v) is 8.50. The van der Waals surface area contributed by atoms with Gasteiger partial charge in [0.25, 0.3) is 0 Å². The van der Waals surface area contributed by atoms with Crippen molar-refractivity contribution in [1.82, 2.24) is 0 Å². The van der Waals surface area contributed by atoms with E-state index in [2.05, 4.69) is 4.74 Å². The molecule has 0 radical (unpaired) electrons. The van der Waals surface area contributed by atoms with Gasteiger partial charge in [-0.2, -0.15) is 26.3 Å². The molecule has 0 rings (SSSR count). The van der Waals surface area contributed by atoms with E-state index in [0.29, 0.717) is 6.92 Å². The minimum absolute atomic E-state index is 0.506. The summed E-state index contributed by atoms with van der Waals surface area (Å²) in [6, 6.07) is 0. The van der Waals surface area contributed by atoms with Gasteiger partial charge in [-0.3, -0.25) is 4.79 Å². The summed E-state index contributed by atoms with van der Waals surface area (Å²) in [7, 11) is 0. The Hall–Kier alpha value is -0.950. The van der Waals surface area contributed by atoms with Crippen molar-refractivity contribution in [1.29, 1.82) is 0 Å². The first-order chi connectivity index (χ1) is 6.94. The van der Waals surface area contributed by atoms with Gasteiger partial charge in [-0.1, -0.05) is 6.92 Å². The fourth-order valence-electron chi connectivity index (χ4n) is 0.767. The molecule has 0 aliphatic carbocycles. The van der Waals surface area contributed by atoms with Gasteiger partial charge in [0, 0.05) is 0 Å². The van der Waals surface area contributed by atoms with Crippen molar-refractivity contribution in [3.8, 4) is 0 Å². The molecule has 0 aliphatic rings. The monoisotopic (exact) mass is 252 g/mol. The molecule has 0 aromatic rings. The Morgan fingerprint density at radius 2 is 1.56 bits per heavy atom. The lowest BCUT2D eigenvalue weighted by molar-refractivity contribution is -0.240. The molecule has 0 amide bonds. The van der Waals surface area contributed by atoms with Gasteiger partial charge < -0.3 is 4.74 Å². The maximum Gasteiger partial charge on any atom is 0.422 e. The van der Waals surface area contributed by atoms with E-state index in [0.717, 1.165) is 6.92 Å². The first-order valence-corrected chi connectivity index (χ1v) is 4.25. The van der Waals surface area contributed by atoms with Crippen LogP contribution in [0.25, 0.3) is 0 Å². The molecule has 96 valence electrons. The van der Waals surface area contributed by atoms with Gasteiger partial charge in [0.05, 0.1) is 0 Å². The Morgan fingerprint density at radius 1 is 1.12 bits per heavy atom. The fraction of sp³-hybridized carbons (Fsp3) is 0.875. The van der Waals surface area contributed by atoms with E-state index in [4.69, 9.17) is 0 Å². The van der Waals surface area contributed by atoms with E-state index in [1.165, 1.54) is 0 Å². The molecule has 0 aromatic carbocycles. The minimum Gasteiger partial charge on any atom is -0.455 e. The molecule has 1 atom stereocenters. The molecule has 2 nitrogen and oxygen atoms in total. The number of ether oxygens (including phenoxy) is 1. The van der Waals surface area contributed by atoms with Crippen LogP contribution in [0.5, 0.6) is 0 Å². The number of carbonyl (C=O) groups excluding carboxylic acids is 1. The molecule has 16 heavy (non-hydrogen) atoms. The first-order valence-electron chi connectivity index (χ1n) is 4.25. The van der Waals surface area contributed by atoms with Gasteiger partial charge in [-0.05, 0) is 13.3 Å². The quantitative estimate of drug-likeness (QED) is 0.570. The smallest absolute Gasteiger partial charge is 0.422 e. The zero-order valence-electron chi connectivity index (χ0n) is 8.50. The Morgan fingerprint density at radius 3 is 1.81 bits per heavy atom. The largest absolute Gasteiger partial charge is 0.455 e. The van der Waals surface area contributed by atoms with Crippen molar-refractivity contribution in [2.45, 2.75) is 32.6 Å². The van der Waals surface area contributed by atoms with Gasteiger partial charge in [-0.15, -0.1) is 0 Å². The molecule has 1 unspecified atom stereocenters. The zero-order chi connectivity index (χ0) is 13.2. The first kappa shape index (κ1) is 15.0. The average Bonchev–Trinajstić information content (AvgIpc) is 2.09. The second kappa shape index (κ2) is 4.50. The van der Waals surface area contributed by atoms with Crippen molar-refractivity contribution in [3.05, 3.63) is 0 Å². The van der Waals surface area contributed by atoms with Gasteiger partial charge in [-0.25, -0.2) is 0 Å². The molecule has 0 N–H and O–H groups in total. The Balaban J connectivity index is 4.69. The summed E-state index contributed by atoms with van der Waals surface area (Å²) in [5.74, 6) is -1.92. The predicted octanol–water partition coefficient (Wildman–Crippen LogP) is 3.07. The molecular weight excluding hydrogens is 242 g/mol. The van der Waals surface area contributed by atoms with Crippen LogP contribution in [0.4, 0.5) is 26.3 Å². The molecule has 0 saturated heterocycles. The molecule has 0 aliphatic heterocycles. The number of rotatable bonds is 3. The summed E-state index contributed by atoms with van der Waals surface area (Å²) in [6.45, 7) is -0.467. The molecular formula is C8H10F6O2. The lowest BCUT2D eigenvalue weighted by atomic mass is 9.87. The Kier molecular flexibility index (Phi) is 4.24. The van der Waals surface area contributed by atoms with Crippen LogP contribution < -0.4 is 0 Å². The Bertz CT molecular complexity index is 256. The third-order valence-electron chi connectivity index (χ3n) is 2.15. The number of halogens is 6. The fourth-order valence-corrected chi connectivity index (χ4v) is 0.767. The molecule has 8 heteroatoms. The SMILES string of the molecule is CCC(C)(C(=O)OCC(F)(F)F)C(F)(F)F. The molecule has 0 spiro atoms. The van der Waals surface area contributed by atoms with Crippen molar-refractivity contribution in [2.75, 3.05) is 6.61 Å². The molecule has 0 fully saturated rings. The Labute approximate surface area is 87.6 Å². The van der Waals surface area contributed by atoms with Crippen LogP contribution in [0.15, 0.2) is 0 Å². The van der Waals surface area contributed by atoms with E-state index < -0.39 is 36.8 Å². The van der Waals surface area contributed by atoms with Crippen LogP contribution in [0.2, 0.25) is 0 Å². The number of alkyl halides is 6. The minimum atomic E-state index is -4.94. The highest BCUT2D eigenvalue weighted by Gasteiger charge is 2.57. The second-order valence-electron chi connectivity index (χ2n) is 3.37. The van der Waals surface area contributed by atoms with Gasteiger partial charge in [0.1, 0.15) is 0 Å². The summed E-state index contributed by atoms with van der Waals surface area (Å²) in [4.78, 5) is 10.9. The van der Waals surface area contributed by atoms with Crippen LogP contribution in [-0.4, -0.2) is 24.9 Å². The topological polar surface area (TPSA) is 26.3 Å². The van der Waals surface area contributed by atoms with Gasteiger partial charge in [0.2, 0.25) is 0 Å². The van der Waals surface area contributed by atoms with Crippen LogP contribution in [0, 0.1) is 5.41 Å². The highest BCUT2D eigenvalue weighted by molar-refractivity contribution is 5.77. The molecule has 0 bridgehead atoms. The van der Waals surface area contributed by atoms with E-state index in [9.17, 15) is 31.1 Å². The van der Waals surface area contributed by atoms with Crippen LogP contribution >= 0.6 is 0 Å². The molecule has 0 aromatic heterocycles. The van der Waals surface area contributed by atoms with Gasteiger partial charge in [0.15, 0.2) is 12.0 Å². The van der Waals surface area contributed by atoms with E-state index in [1.807, 2.05) is 0 Å². The average molecular weight is 252 g/mol. The third kappa shape index (κ3) is 3.57. The third-order valence-corrected chi connectivity index (χ3v) is 2.15. The van der Waals surface area contributed by atoms with E-state index in [-0.39, 0.29) is 0 Å². The highest BCUT2D eigenvalue weighted by atomic mass is 19.4. The lowest BCUT2D eigenvalue weighted by Gasteiger charge is -2.28. The summed E-state index contributed by atoms with van der Waals surface area (Å²) in [5, 5.41) is 0. The van der Waals surface area contributed by atoms with Crippen molar-refractivity contribution >= 4 is 5.97 Å². The molecule has 0 saturated carbocycles. The van der Waals surface area contributed by atoms with Crippen LogP contribution in [0.3, 0.4) is 0 Å². The van der Waals surface area contributed by atoms with Crippen molar-refractivity contribution in [2.24, 2.45) is 5.41 Å². The van der Waals surface area contributed by atoms with Crippen molar-refractivity contribution in [3.63, 3.8) is 0 Å². The number of carbonyl (C=O) groups is 1. The summed E-state index contributed by atoms with van der Waals surface area (Å²) >= 11 is 0. The standard InChI is InChI=1S/C8H10F6O2/c1-3-6(2,8(12,13)14)5(15)16-4-7(9,10)11/h3-4H2,1-2H3. The summed E-state index contributed by atoms with van der Waals surface area (Å²) in [5.41, 5.74) is -2.90. The van der Waals surface area contributed by atoms with E-state index in [1.54, 1.807) is 0 Å². The number of hydrogen-bond acceptors (Lipinski definition) is 2. The summed E-state index contributed by atoms with van der Waals surface area (Å²) in [6.07, 6.45) is -10.5. The maximum atomic E-state index is 12.4. The normalized spacial score (nSPS) is 16.8. The second-order valence-corrected chi connectivity index (χ2v) is 3.37. The van der Waals surface area contributed by atoms with Crippen molar-refractivity contribution < 1.29 is 35.9 Å².